The van der Waals surface area contributed by atoms with Crippen molar-refractivity contribution in [3.63, 3.8) is 0 Å². The first-order valence-corrected chi connectivity index (χ1v) is 7.14. The summed E-state index contributed by atoms with van der Waals surface area (Å²) in [5.74, 6) is 0.0349. The Morgan fingerprint density at radius 2 is 2.11 bits per heavy atom. The third-order valence-corrected chi connectivity index (χ3v) is 3.81. The second kappa shape index (κ2) is 5.50. The van der Waals surface area contributed by atoms with E-state index in [0.717, 1.165) is 11.3 Å². The van der Waals surface area contributed by atoms with E-state index in [1.807, 2.05) is 33.9 Å². The number of ether oxygens (including phenoxy) is 1. The lowest BCUT2D eigenvalue weighted by Gasteiger charge is -2.26. The number of hydrogen-bond donors (Lipinski definition) is 0. The van der Waals surface area contributed by atoms with Gasteiger partial charge in [-0.3, -0.25) is 9.78 Å². The molecule has 4 nitrogen and oxygen atoms in total. The minimum Gasteiger partial charge on any atom is -0.378 e. The number of thiophene rings is 1. The summed E-state index contributed by atoms with van der Waals surface area (Å²) in [6.45, 7) is 2.55. The van der Waals surface area contributed by atoms with Crippen molar-refractivity contribution in [1.29, 1.82) is 0 Å². The Morgan fingerprint density at radius 1 is 1.26 bits per heavy atom. The van der Waals surface area contributed by atoms with Crippen LogP contribution in [0.25, 0.3) is 11.3 Å². The van der Waals surface area contributed by atoms with Crippen molar-refractivity contribution in [2.45, 2.75) is 0 Å². The molecule has 0 saturated carbocycles. The minimum absolute atomic E-state index is 0.0349. The Balaban J connectivity index is 1.76. The zero-order valence-corrected chi connectivity index (χ0v) is 11.2. The van der Waals surface area contributed by atoms with E-state index in [-0.39, 0.29) is 5.91 Å². The lowest BCUT2D eigenvalue weighted by atomic mass is 10.1. The Morgan fingerprint density at radius 3 is 2.74 bits per heavy atom. The normalized spacial score (nSPS) is 15.5. The molecule has 1 aliphatic rings. The largest absolute Gasteiger partial charge is 0.378 e. The predicted octanol–water partition coefficient (Wildman–Crippen LogP) is 2.28. The molecule has 98 valence electrons. The number of amides is 1. The van der Waals surface area contributed by atoms with Crippen LogP contribution >= 0.6 is 11.3 Å². The van der Waals surface area contributed by atoms with Crippen molar-refractivity contribution in [1.82, 2.24) is 9.88 Å². The number of rotatable bonds is 2. The predicted molar refractivity (Wildman–Crippen MR) is 74.3 cm³/mol. The zero-order chi connectivity index (χ0) is 13.1. The average molecular weight is 274 g/mol. The fraction of sp³-hybridized carbons (Fsp3) is 0.286. The van der Waals surface area contributed by atoms with Gasteiger partial charge in [-0.2, -0.15) is 11.3 Å². The molecule has 1 saturated heterocycles. The molecule has 0 radical (unpaired) electrons. The van der Waals surface area contributed by atoms with Gasteiger partial charge in [-0.05, 0) is 23.6 Å². The fourth-order valence-corrected chi connectivity index (χ4v) is 2.70. The van der Waals surface area contributed by atoms with Gasteiger partial charge in [0.05, 0.1) is 24.5 Å². The second-order valence-corrected chi connectivity index (χ2v) is 5.13. The summed E-state index contributed by atoms with van der Waals surface area (Å²) in [7, 11) is 0. The van der Waals surface area contributed by atoms with E-state index in [1.54, 1.807) is 17.5 Å². The van der Waals surface area contributed by atoms with Gasteiger partial charge in [-0.25, -0.2) is 0 Å². The summed E-state index contributed by atoms with van der Waals surface area (Å²) in [5.41, 5.74) is 2.64. The summed E-state index contributed by atoms with van der Waals surface area (Å²) in [6.07, 6.45) is 1.66. The number of carbonyl (C=O) groups is 1. The van der Waals surface area contributed by atoms with E-state index in [9.17, 15) is 4.79 Å². The van der Waals surface area contributed by atoms with Crippen molar-refractivity contribution < 1.29 is 9.53 Å². The molecule has 0 N–H and O–H groups in total. The van der Waals surface area contributed by atoms with Crippen molar-refractivity contribution in [2.24, 2.45) is 0 Å². The first kappa shape index (κ1) is 12.3. The van der Waals surface area contributed by atoms with Crippen LogP contribution in [0, 0.1) is 0 Å². The van der Waals surface area contributed by atoms with Gasteiger partial charge >= 0.3 is 0 Å². The van der Waals surface area contributed by atoms with Crippen molar-refractivity contribution >= 4 is 17.2 Å². The number of morpholine rings is 1. The first-order valence-electron chi connectivity index (χ1n) is 6.20. The summed E-state index contributed by atoms with van der Waals surface area (Å²) < 4.78 is 5.25. The highest BCUT2D eigenvalue weighted by molar-refractivity contribution is 7.08. The number of carbonyl (C=O) groups excluding carboxylic acids is 1. The molecule has 2 aromatic heterocycles. The molecule has 0 aliphatic carbocycles. The molecule has 1 fully saturated rings. The smallest absolute Gasteiger partial charge is 0.255 e. The van der Waals surface area contributed by atoms with Crippen LogP contribution in [-0.2, 0) is 4.74 Å². The molecule has 3 heterocycles. The van der Waals surface area contributed by atoms with Gasteiger partial charge in [0.15, 0.2) is 0 Å². The van der Waals surface area contributed by atoms with Crippen LogP contribution in [0.4, 0.5) is 0 Å². The van der Waals surface area contributed by atoms with Crippen molar-refractivity contribution in [2.75, 3.05) is 26.3 Å². The van der Waals surface area contributed by atoms with E-state index in [4.69, 9.17) is 4.74 Å². The van der Waals surface area contributed by atoms with E-state index in [1.165, 1.54) is 0 Å². The van der Waals surface area contributed by atoms with E-state index in [0.29, 0.717) is 31.9 Å². The van der Waals surface area contributed by atoms with Crippen LogP contribution in [0.15, 0.2) is 35.2 Å². The van der Waals surface area contributed by atoms with Crippen LogP contribution in [0.2, 0.25) is 0 Å². The first-order chi connectivity index (χ1) is 9.34. The summed E-state index contributed by atoms with van der Waals surface area (Å²) in [4.78, 5) is 18.4. The molecule has 0 aromatic carbocycles. The molecular weight excluding hydrogens is 260 g/mol. The van der Waals surface area contributed by atoms with Crippen molar-refractivity contribution in [3.8, 4) is 11.3 Å². The van der Waals surface area contributed by atoms with Crippen molar-refractivity contribution in [3.05, 3.63) is 40.7 Å². The van der Waals surface area contributed by atoms with Crippen LogP contribution in [0.1, 0.15) is 10.4 Å². The average Bonchev–Trinajstić information content (AvgIpc) is 3.02. The third kappa shape index (κ3) is 2.67. The van der Waals surface area contributed by atoms with Gasteiger partial charge in [-0.15, -0.1) is 0 Å². The molecule has 0 spiro atoms. The molecule has 0 unspecified atom stereocenters. The maximum absolute atomic E-state index is 12.2. The molecule has 1 amide bonds. The maximum atomic E-state index is 12.2. The van der Waals surface area contributed by atoms with Crippen LogP contribution < -0.4 is 0 Å². The summed E-state index contributed by atoms with van der Waals surface area (Å²) in [5, 5.41) is 4.07. The van der Waals surface area contributed by atoms with Crippen LogP contribution in [0.5, 0.6) is 0 Å². The van der Waals surface area contributed by atoms with E-state index in [2.05, 4.69) is 4.98 Å². The number of hydrogen-bond acceptors (Lipinski definition) is 4. The molecule has 2 aromatic rings. The van der Waals surface area contributed by atoms with Gasteiger partial charge in [0.2, 0.25) is 0 Å². The molecular formula is C14H14N2O2S. The highest BCUT2D eigenvalue weighted by atomic mass is 32.1. The topological polar surface area (TPSA) is 42.4 Å². The zero-order valence-electron chi connectivity index (χ0n) is 10.4. The van der Waals surface area contributed by atoms with Crippen LogP contribution in [-0.4, -0.2) is 42.1 Å². The Bertz CT molecular complexity index is 545. The van der Waals surface area contributed by atoms with Gasteiger partial charge in [0, 0.05) is 30.2 Å². The summed E-state index contributed by atoms with van der Waals surface area (Å²) >= 11 is 1.64. The second-order valence-electron chi connectivity index (χ2n) is 4.35. The van der Waals surface area contributed by atoms with Crippen LogP contribution in [0.3, 0.4) is 0 Å². The SMILES string of the molecule is O=C(c1ccc(-c2ccsc2)nc1)N1CCOCC1. The molecule has 0 atom stereocenters. The molecule has 5 heteroatoms. The molecule has 1 aliphatic heterocycles. The lowest BCUT2D eigenvalue weighted by Crippen LogP contribution is -2.40. The monoisotopic (exact) mass is 274 g/mol. The molecule has 3 rings (SSSR count). The third-order valence-electron chi connectivity index (χ3n) is 3.13. The van der Waals surface area contributed by atoms with Gasteiger partial charge < -0.3 is 9.64 Å². The quantitative estimate of drug-likeness (QED) is 0.843. The Kier molecular flexibility index (Phi) is 3.57. The van der Waals surface area contributed by atoms with Gasteiger partial charge in [0.1, 0.15) is 0 Å². The highest BCUT2D eigenvalue weighted by Crippen LogP contribution is 2.20. The minimum atomic E-state index is 0.0349. The molecule has 19 heavy (non-hydrogen) atoms. The van der Waals surface area contributed by atoms with Gasteiger partial charge in [-0.1, -0.05) is 0 Å². The lowest BCUT2D eigenvalue weighted by molar-refractivity contribution is 0.0302. The van der Waals surface area contributed by atoms with E-state index < -0.39 is 0 Å². The number of aromatic nitrogens is 1. The molecule has 0 bridgehead atoms. The Labute approximate surface area is 115 Å². The maximum Gasteiger partial charge on any atom is 0.255 e. The summed E-state index contributed by atoms with van der Waals surface area (Å²) in [6, 6.07) is 5.77. The van der Waals surface area contributed by atoms with Gasteiger partial charge in [0.25, 0.3) is 5.91 Å². The number of nitrogens with zero attached hydrogens (tertiary/aromatic N) is 2. The Hall–Kier alpha value is -1.72. The highest BCUT2D eigenvalue weighted by Gasteiger charge is 2.18. The standard InChI is InChI=1S/C14H14N2O2S/c17-14(16-4-6-18-7-5-16)11-1-2-13(15-9-11)12-3-8-19-10-12/h1-3,8-10H,4-7H2. The number of pyridine rings is 1. The van der Waals surface area contributed by atoms with E-state index >= 15 is 0 Å². The fourth-order valence-electron chi connectivity index (χ4n) is 2.05.